The second kappa shape index (κ2) is 5.70. The smallest absolute Gasteiger partial charge is 0.258 e. The van der Waals surface area contributed by atoms with Gasteiger partial charge in [0.1, 0.15) is 4.60 Å². The number of aryl methyl sites for hydroxylation is 2. The summed E-state index contributed by atoms with van der Waals surface area (Å²) in [6.07, 6.45) is 1.46. The van der Waals surface area contributed by atoms with E-state index in [0.29, 0.717) is 31.9 Å². The van der Waals surface area contributed by atoms with Crippen LogP contribution >= 0.6 is 27.5 Å². The second-order valence-electron chi connectivity index (χ2n) is 4.92. The van der Waals surface area contributed by atoms with Gasteiger partial charge in [-0.1, -0.05) is 29.3 Å². The van der Waals surface area contributed by atoms with Crippen LogP contribution < -0.4 is 5.32 Å². The van der Waals surface area contributed by atoms with Crippen LogP contribution in [-0.2, 0) is 7.05 Å². The summed E-state index contributed by atoms with van der Waals surface area (Å²) in [5.41, 5.74) is 2.75. The van der Waals surface area contributed by atoms with Crippen molar-refractivity contribution in [3.63, 3.8) is 0 Å². The molecule has 2 aromatic heterocycles. The molecule has 1 aromatic carbocycles. The van der Waals surface area contributed by atoms with Crippen molar-refractivity contribution >= 4 is 50.2 Å². The number of pyridine rings is 1. The molecule has 1 amide bonds. The number of nitrogens with zero attached hydrogens (tertiary/aromatic N) is 3. The SMILES string of the molecule is Cc1ccc(NC(=O)c2cnc3c(c(Br)nn3C)c2Cl)cc1. The Balaban J connectivity index is 1.99. The molecule has 7 heteroatoms. The van der Waals surface area contributed by atoms with Gasteiger partial charge in [-0.05, 0) is 35.0 Å². The number of halogens is 2. The largest absolute Gasteiger partial charge is 0.322 e. The fourth-order valence-electron chi connectivity index (χ4n) is 2.13. The summed E-state index contributed by atoms with van der Waals surface area (Å²) in [6, 6.07) is 7.53. The highest BCUT2D eigenvalue weighted by atomic mass is 79.9. The van der Waals surface area contributed by atoms with E-state index in [2.05, 4.69) is 31.3 Å². The van der Waals surface area contributed by atoms with Crippen molar-refractivity contribution in [3.05, 3.63) is 51.2 Å². The van der Waals surface area contributed by atoms with Crippen LogP contribution in [0.5, 0.6) is 0 Å². The van der Waals surface area contributed by atoms with Gasteiger partial charge in [-0.25, -0.2) is 9.67 Å². The summed E-state index contributed by atoms with van der Waals surface area (Å²) in [5.74, 6) is -0.306. The summed E-state index contributed by atoms with van der Waals surface area (Å²) in [6.45, 7) is 1.99. The molecule has 0 spiro atoms. The topological polar surface area (TPSA) is 59.8 Å². The fourth-order valence-corrected chi connectivity index (χ4v) is 3.17. The van der Waals surface area contributed by atoms with Gasteiger partial charge in [0.05, 0.1) is 16.0 Å². The summed E-state index contributed by atoms with van der Waals surface area (Å²) < 4.78 is 2.17. The van der Waals surface area contributed by atoms with E-state index in [0.717, 1.165) is 5.56 Å². The highest BCUT2D eigenvalue weighted by Gasteiger charge is 2.19. The van der Waals surface area contributed by atoms with Crippen molar-refractivity contribution in [2.24, 2.45) is 7.05 Å². The van der Waals surface area contributed by atoms with Crippen LogP contribution in [0.25, 0.3) is 11.0 Å². The normalized spacial score (nSPS) is 10.9. The van der Waals surface area contributed by atoms with Crippen molar-refractivity contribution in [2.75, 3.05) is 5.32 Å². The summed E-state index contributed by atoms with van der Waals surface area (Å²) >= 11 is 9.70. The predicted octanol–water partition coefficient (Wildman–Crippen LogP) is 3.94. The van der Waals surface area contributed by atoms with E-state index in [1.807, 2.05) is 31.2 Å². The third-order valence-electron chi connectivity index (χ3n) is 3.30. The average molecular weight is 380 g/mol. The lowest BCUT2D eigenvalue weighted by Gasteiger charge is -2.07. The van der Waals surface area contributed by atoms with E-state index in [1.165, 1.54) is 6.20 Å². The van der Waals surface area contributed by atoms with Gasteiger partial charge in [-0.15, -0.1) is 0 Å². The molecule has 1 N–H and O–H groups in total. The number of rotatable bonds is 2. The third kappa shape index (κ3) is 2.60. The number of benzene rings is 1. The molecule has 0 bridgehead atoms. The van der Waals surface area contributed by atoms with Crippen molar-refractivity contribution in [2.45, 2.75) is 6.92 Å². The van der Waals surface area contributed by atoms with Gasteiger partial charge in [0.2, 0.25) is 0 Å². The van der Waals surface area contributed by atoms with Gasteiger partial charge < -0.3 is 5.32 Å². The minimum Gasteiger partial charge on any atom is -0.322 e. The number of aromatic nitrogens is 3. The zero-order chi connectivity index (χ0) is 15.9. The highest BCUT2D eigenvalue weighted by Crippen LogP contribution is 2.31. The molecule has 2 heterocycles. The van der Waals surface area contributed by atoms with Crippen LogP contribution in [0.3, 0.4) is 0 Å². The van der Waals surface area contributed by atoms with Crippen LogP contribution in [0.1, 0.15) is 15.9 Å². The molecule has 5 nitrogen and oxygen atoms in total. The standard InChI is InChI=1S/C15H12BrClN4O/c1-8-3-5-9(6-4-8)19-15(22)10-7-18-14-11(12(10)17)13(16)20-21(14)2/h3-7H,1-2H3,(H,19,22). The predicted molar refractivity (Wildman–Crippen MR) is 90.4 cm³/mol. The van der Waals surface area contributed by atoms with Crippen LogP contribution in [0.15, 0.2) is 35.1 Å². The molecule has 3 aromatic rings. The number of hydrogen-bond acceptors (Lipinski definition) is 3. The minimum absolute atomic E-state index is 0.306. The van der Waals surface area contributed by atoms with Crippen molar-refractivity contribution < 1.29 is 4.79 Å². The number of nitrogens with one attached hydrogen (secondary N) is 1. The number of carbonyl (C=O) groups excluding carboxylic acids is 1. The van der Waals surface area contributed by atoms with Crippen LogP contribution in [0.4, 0.5) is 5.69 Å². The first-order valence-corrected chi connectivity index (χ1v) is 7.69. The van der Waals surface area contributed by atoms with Gasteiger partial charge in [0.15, 0.2) is 5.65 Å². The molecule has 0 unspecified atom stereocenters. The van der Waals surface area contributed by atoms with Crippen molar-refractivity contribution in [1.29, 1.82) is 0 Å². The summed E-state index contributed by atoms with van der Waals surface area (Å²) in [4.78, 5) is 16.7. The highest BCUT2D eigenvalue weighted by molar-refractivity contribution is 9.10. The summed E-state index contributed by atoms with van der Waals surface area (Å²) in [5, 5.41) is 7.97. The Labute approximate surface area is 140 Å². The van der Waals surface area contributed by atoms with Gasteiger partial charge >= 0.3 is 0 Å². The molecule has 0 radical (unpaired) electrons. The van der Waals surface area contributed by atoms with Gasteiger partial charge in [-0.3, -0.25) is 4.79 Å². The first kappa shape index (κ1) is 15.0. The Morgan fingerprint density at radius 3 is 2.68 bits per heavy atom. The first-order chi connectivity index (χ1) is 10.5. The number of carbonyl (C=O) groups is 1. The van der Waals surface area contributed by atoms with Gasteiger partial charge in [0.25, 0.3) is 5.91 Å². The number of hydrogen-bond donors (Lipinski definition) is 1. The molecule has 22 heavy (non-hydrogen) atoms. The van der Waals surface area contributed by atoms with E-state index in [1.54, 1.807) is 11.7 Å². The lowest BCUT2D eigenvalue weighted by atomic mass is 10.2. The maximum absolute atomic E-state index is 12.4. The first-order valence-electron chi connectivity index (χ1n) is 6.52. The molecule has 0 aliphatic heterocycles. The quantitative estimate of drug-likeness (QED) is 0.733. The molecule has 112 valence electrons. The Kier molecular flexibility index (Phi) is 3.88. The Morgan fingerprint density at radius 1 is 1.32 bits per heavy atom. The fraction of sp³-hybridized carbons (Fsp3) is 0.133. The molecule has 0 aliphatic carbocycles. The Hall–Kier alpha value is -1.92. The van der Waals surface area contributed by atoms with E-state index in [9.17, 15) is 4.79 Å². The van der Waals surface area contributed by atoms with Crippen molar-refractivity contribution in [3.8, 4) is 0 Å². The lowest BCUT2D eigenvalue weighted by molar-refractivity contribution is 0.102. The average Bonchev–Trinajstić information content (AvgIpc) is 2.77. The van der Waals surface area contributed by atoms with E-state index < -0.39 is 0 Å². The van der Waals surface area contributed by atoms with E-state index >= 15 is 0 Å². The van der Waals surface area contributed by atoms with Crippen molar-refractivity contribution in [1.82, 2.24) is 14.8 Å². The Bertz CT molecular complexity index is 873. The third-order valence-corrected chi connectivity index (χ3v) is 4.25. The van der Waals surface area contributed by atoms with Crippen LogP contribution in [0.2, 0.25) is 5.02 Å². The molecule has 0 atom stereocenters. The number of anilines is 1. The zero-order valence-corrected chi connectivity index (χ0v) is 14.2. The van der Waals surface area contributed by atoms with Crippen LogP contribution in [0, 0.1) is 6.92 Å². The number of fused-ring (bicyclic) bond motifs is 1. The molecular weight excluding hydrogens is 368 g/mol. The zero-order valence-electron chi connectivity index (χ0n) is 11.9. The minimum atomic E-state index is -0.306. The van der Waals surface area contributed by atoms with E-state index in [-0.39, 0.29) is 5.91 Å². The summed E-state index contributed by atoms with van der Waals surface area (Å²) in [7, 11) is 1.77. The van der Waals surface area contributed by atoms with Gasteiger partial charge in [0, 0.05) is 18.9 Å². The van der Waals surface area contributed by atoms with Gasteiger partial charge in [-0.2, -0.15) is 5.10 Å². The van der Waals surface area contributed by atoms with E-state index in [4.69, 9.17) is 11.6 Å². The molecule has 3 rings (SSSR count). The maximum Gasteiger partial charge on any atom is 0.258 e. The Morgan fingerprint density at radius 2 is 2.00 bits per heavy atom. The monoisotopic (exact) mass is 378 g/mol. The maximum atomic E-state index is 12.4. The lowest BCUT2D eigenvalue weighted by Crippen LogP contribution is -2.13. The molecule has 0 fully saturated rings. The number of amides is 1. The molecule has 0 saturated carbocycles. The molecular formula is C15H12BrClN4O. The molecule has 0 aliphatic rings. The van der Waals surface area contributed by atoms with Crippen LogP contribution in [-0.4, -0.2) is 20.7 Å². The second-order valence-corrected chi connectivity index (χ2v) is 6.05. The molecule has 0 saturated heterocycles.